The number of carbonyl (C=O) groups excluding carboxylic acids is 1. The van der Waals surface area contributed by atoms with Gasteiger partial charge < -0.3 is 20.3 Å². The van der Waals surface area contributed by atoms with E-state index in [9.17, 15) is 20.3 Å². The van der Waals surface area contributed by atoms with E-state index in [0.29, 0.717) is 15.0 Å². The number of allylic oxidation sites excluding steroid dienone is 1. The van der Waals surface area contributed by atoms with Crippen molar-refractivity contribution in [1.82, 2.24) is 0 Å². The molecule has 7 nitrogen and oxygen atoms in total. The minimum atomic E-state index is -0.597. The van der Waals surface area contributed by atoms with Gasteiger partial charge in [-0.15, -0.1) is 0 Å². The zero-order valence-electron chi connectivity index (χ0n) is 14.2. The molecule has 0 bridgehead atoms. The summed E-state index contributed by atoms with van der Waals surface area (Å²) in [5.41, 5.74) is 0.705. The third kappa shape index (κ3) is 2.90. The molecule has 26 heavy (non-hydrogen) atoms. The van der Waals surface area contributed by atoms with Crippen LogP contribution < -0.4 is 14.2 Å². The third-order valence-electron chi connectivity index (χ3n) is 4.03. The maximum Gasteiger partial charge on any atom is 0.333 e. The number of hydrogen-bond acceptors (Lipinski definition) is 5. The standard InChI is InChI=1S/C19H16N2O5/c1-12-19(21(25)15-6-4-3-5-14(15)20(12)24)17(23)10-8-13-7-9-16(22)18(11-13)26-2/h3-11,22H,1-2H3/b10-8+. The number of phenolic OH excluding ortho intramolecular Hbond substituents is 1. The number of para-hydroxylation sites is 2. The summed E-state index contributed by atoms with van der Waals surface area (Å²) >= 11 is 0. The van der Waals surface area contributed by atoms with E-state index >= 15 is 0 Å². The Hall–Kier alpha value is -3.61. The van der Waals surface area contributed by atoms with Crippen LogP contribution in [0.1, 0.15) is 21.7 Å². The number of methoxy groups -OCH3 is 1. The van der Waals surface area contributed by atoms with Crippen molar-refractivity contribution < 1.29 is 24.1 Å². The van der Waals surface area contributed by atoms with Crippen molar-refractivity contribution in [3.8, 4) is 11.5 Å². The Kier molecular flexibility index (Phi) is 4.45. The Morgan fingerprint density at radius 3 is 2.42 bits per heavy atom. The number of rotatable bonds is 4. The van der Waals surface area contributed by atoms with E-state index in [1.54, 1.807) is 24.3 Å². The van der Waals surface area contributed by atoms with Crippen molar-refractivity contribution in [3.05, 3.63) is 75.9 Å². The Morgan fingerprint density at radius 2 is 1.77 bits per heavy atom. The van der Waals surface area contributed by atoms with Crippen LogP contribution in [0.25, 0.3) is 17.1 Å². The van der Waals surface area contributed by atoms with Gasteiger partial charge in [0, 0.05) is 19.1 Å². The fourth-order valence-electron chi connectivity index (χ4n) is 2.68. The van der Waals surface area contributed by atoms with Crippen LogP contribution in [0.5, 0.6) is 11.5 Å². The van der Waals surface area contributed by atoms with Gasteiger partial charge in [0.15, 0.2) is 11.5 Å². The molecule has 1 aromatic heterocycles. The summed E-state index contributed by atoms with van der Waals surface area (Å²) in [5, 5.41) is 34.5. The lowest BCUT2D eigenvalue weighted by Gasteiger charge is -2.09. The number of aromatic nitrogens is 2. The summed E-state index contributed by atoms with van der Waals surface area (Å²) in [6.07, 6.45) is 2.69. The van der Waals surface area contributed by atoms with Crippen LogP contribution in [0, 0.1) is 17.3 Å². The lowest BCUT2D eigenvalue weighted by atomic mass is 10.1. The number of phenols is 1. The van der Waals surface area contributed by atoms with Crippen LogP contribution in [0.3, 0.4) is 0 Å². The summed E-state index contributed by atoms with van der Waals surface area (Å²) < 4.78 is 6.06. The summed E-state index contributed by atoms with van der Waals surface area (Å²) in [7, 11) is 1.42. The molecule has 0 saturated heterocycles. The highest BCUT2D eigenvalue weighted by Crippen LogP contribution is 2.26. The number of nitrogens with zero attached hydrogens (tertiary/aromatic N) is 2. The number of aromatic hydroxyl groups is 1. The van der Waals surface area contributed by atoms with Gasteiger partial charge in [-0.05, 0) is 23.8 Å². The van der Waals surface area contributed by atoms with Crippen molar-refractivity contribution in [2.75, 3.05) is 7.11 Å². The normalized spacial score (nSPS) is 11.2. The van der Waals surface area contributed by atoms with E-state index in [1.807, 2.05) is 0 Å². The predicted octanol–water partition coefficient (Wildman–Crippen LogP) is 2.03. The first-order valence-electron chi connectivity index (χ1n) is 7.78. The Balaban J connectivity index is 2.03. The molecule has 1 N–H and O–H groups in total. The van der Waals surface area contributed by atoms with Gasteiger partial charge in [-0.3, -0.25) is 4.79 Å². The van der Waals surface area contributed by atoms with Crippen molar-refractivity contribution in [2.45, 2.75) is 6.92 Å². The average Bonchev–Trinajstić information content (AvgIpc) is 2.65. The van der Waals surface area contributed by atoms with Crippen molar-refractivity contribution >= 4 is 22.9 Å². The fraction of sp³-hybridized carbons (Fsp3) is 0.105. The maximum absolute atomic E-state index is 12.6. The number of ketones is 1. The summed E-state index contributed by atoms with van der Waals surface area (Å²) in [6.45, 7) is 1.43. The molecule has 2 aromatic carbocycles. The number of fused-ring (bicyclic) bond motifs is 1. The minimum Gasteiger partial charge on any atom is -0.618 e. The first-order valence-corrected chi connectivity index (χ1v) is 7.78. The molecule has 0 aliphatic carbocycles. The average molecular weight is 352 g/mol. The second-order valence-electron chi connectivity index (χ2n) is 5.64. The molecule has 0 aliphatic rings. The molecule has 0 amide bonds. The molecule has 132 valence electrons. The predicted molar refractivity (Wildman–Crippen MR) is 94.6 cm³/mol. The monoisotopic (exact) mass is 352 g/mol. The molecule has 0 fully saturated rings. The topological polar surface area (TPSA) is 100 Å². The van der Waals surface area contributed by atoms with Gasteiger partial charge in [-0.25, -0.2) is 0 Å². The lowest BCUT2D eigenvalue weighted by Crippen LogP contribution is -2.46. The van der Waals surface area contributed by atoms with Crippen LogP contribution in [0.2, 0.25) is 0 Å². The van der Waals surface area contributed by atoms with Crippen LogP contribution in [0.15, 0.2) is 48.5 Å². The van der Waals surface area contributed by atoms with Crippen LogP contribution in [-0.2, 0) is 0 Å². The molecule has 0 saturated carbocycles. The van der Waals surface area contributed by atoms with Gasteiger partial charge in [0.25, 0.3) is 22.5 Å². The van der Waals surface area contributed by atoms with Gasteiger partial charge in [0.05, 0.1) is 7.11 Å². The van der Waals surface area contributed by atoms with Gasteiger partial charge in [-0.1, -0.05) is 24.3 Å². The number of benzene rings is 2. The van der Waals surface area contributed by atoms with E-state index in [-0.39, 0.29) is 33.9 Å². The molecule has 0 aliphatic heterocycles. The SMILES string of the molecule is COc1cc(/C=C/C(=O)c2c(C)[n+]([O-])c3ccccc3[n+]2[O-])ccc1O. The minimum absolute atomic E-state index is 0.0221. The molecule has 7 heteroatoms. The zero-order chi connectivity index (χ0) is 18.8. The second kappa shape index (κ2) is 6.72. The Morgan fingerprint density at radius 1 is 1.12 bits per heavy atom. The van der Waals surface area contributed by atoms with E-state index in [0.717, 1.165) is 0 Å². The van der Waals surface area contributed by atoms with E-state index < -0.39 is 5.78 Å². The molecule has 3 aromatic rings. The van der Waals surface area contributed by atoms with Crippen LogP contribution >= 0.6 is 0 Å². The van der Waals surface area contributed by atoms with Crippen molar-refractivity contribution in [3.63, 3.8) is 0 Å². The van der Waals surface area contributed by atoms with Crippen LogP contribution in [0.4, 0.5) is 0 Å². The molecule has 1 heterocycles. The quantitative estimate of drug-likeness (QED) is 0.335. The molecule has 0 spiro atoms. The highest BCUT2D eigenvalue weighted by atomic mass is 16.5. The summed E-state index contributed by atoms with van der Waals surface area (Å²) in [4.78, 5) is 12.5. The van der Waals surface area contributed by atoms with Gasteiger partial charge in [0.2, 0.25) is 0 Å². The zero-order valence-corrected chi connectivity index (χ0v) is 14.2. The largest absolute Gasteiger partial charge is 0.618 e. The molecular weight excluding hydrogens is 336 g/mol. The molecular formula is C19H16N2O5. The van der Waals surface area contributed by atoms with Gasteiger partial charge in [-0.2, -0.15) is 9.46 Å². The molecule has 3 rings (SSSR count). The van der Waals surface area contributed by atoms with E-state index in [4.69, 9.17) is 4.74 Å². The number of ether oxygens (including phenoxy) is 1. The smallest absolute Gasteiger partial charge is 0.333 e. The van der Waals surface area contributed by atoms with Crippen LogP contribution in [-0.4, -0.2) is 18.0 Å². The lowest BCUT2D eigenvalue weighted by molar-refractivity contribution is -0.635. The highest BCUT2D eigenvalue weighted by molar-refractivity contribution is 6.05. The van der Waals surface area contributed by atoms with E-state index in [2.05, 4.69) is 0 Å². The summed E-state index contributed by atoms with van der Waals surface area (Å²) in [5.74, 6) is -0.358. The van der Waals surface area contributed by atoms with Crippen molar-refractivity contribution in [2.24, 2.45) is 0 Å². The third-order valence-corrected chi connectivity index (χ3v) is 4.03. The first-order chi connectivity index (χ1) is 12.4. The number of hydrogen-bond donors (Lipinski definition) is 1. The first kappa shape index (κ1) is 17.2. The fourth-order valence-corrected chi connectivity index (χ4v) is 2.68. The maximum atomic E-state index is 12.6. The molecule has 0 unspecified atom stereocenters. The molecule has 0 atom stereocenters. The Labute approximate surface area is 149 Å². The number of carbonyl (C=O) groups is 1. The van der Waals surface area contributed by atoms with E-state index in [1.165, 1.54) is 44.4 Å². The Bertz CT molecular complexity index is 1040. The van der Waals surface area contributed by atoms with Gasteiger partial charge in [0.1, 0.15) is 0 Å². The second-order valence-corrected chi connectivity index (χ2v) is 5.64. The highest BCUT2D eigenvalue weighted by Gasteiger charge is 2.28. The van der Waals surface area contributed by atoms with Crippen molar-refractivity contribution in [1.29, 1.82) is 0 Å². The molecule has 0 radical (unpaired) electrons. The summed E-state index contributed by atoms with van der Waals surface area (Å²) in [6, 6.07) is 10.9. The van der Waals surface area contributed by atoms with Gasteiger partial charge >= 0.3 is 5.69 Å².